The minimum atomic E-state index is 0.0945. The number of hydrogen-bond donors (Lipinski definition) is 0. The van der Waals surface area contributed by atoms with Gasteiger partial charge in [0.05, 0.1) is 7.11 Å². The zero-order valence-electron chi connectivity index (χ0n) is 11.6. The van der Waals surface area contributed by atoms with Gasteiger partial charge >= 0.3 is 0 Å². The highest BCUT2D eigenvalue weighted by molar-refractivity contribution is 6.00. The molecule has 2 aromatic rings. The predicted molar refractivity (Wildman–Crippen MR) is 79.3 cm³/mol. The molecule has 0 spiro atoms. The molecule has 0 fully saturated rings. The lowest BCUT2D eigenvalue weighted by Crippen LogP contribution is -2.24. The molecule has 0 bridgehead atoms. The Morgan fingerprint density at radius 2 is 1.95 bits per heavy atom. The first-order valence-electron chi connectivity index (χ1n) is 7.03. The highest BCUT2D eigenvalue weighted by Crippen LogP contribution is 2.30. The predicted octanol–water partition coefficient (Wildman–Crippen LogP) is 3.68. The van der Waals surface area contributed by atoms with E-state index in [9.17, 15) is 4.79 Å². The third kappa shape index (κ3) is 2.46. The van der Waals surface area contributed by atoms with Crippen LogP contribution in [0.2, 0.25) is 0 Å². The number of ether oxygens (including phenoxy) is 1. The molecule has 1 atom stereocenters. The topological polar surface area (TPSA) is 26.3 Å². The first-order chi connectivity index (χ1) is 9.78. The van der Waals surface area contributed by atoms with E-state index in [1.807, 2.05) is 36.4 Å². The molecule has 20 heavy (non-hydrogen) atoms. The summed E-state index contributed by atoms with van der Waals surface area (Å²) in [6.45, 7) is 0. The first-order valence-corrected chi connectivity index (χ1v) is 7.03. The molecule has 0 amide bonds. The van der Waals surface area contributed by atoms with Crippen molar-refractivity contribution in [3.8, 4) is 5.75 Å². The van der Waals surface area contributed by atoms with Gasteiger partial charge in [0.25, 0.3) is 0 Å². The van der Waals surface area contributed by atoms with Gasteiger partial charge in [0.2, 0.25) is 0 Å². The summed E-state index contributed by atoms with van der Waals surface area (Å²) >= 11 is 0. The molecular weight excluding hydrogens is 248 g/mol. The summed E-state index contributed by atoms with van der Waals surface area (Å²) in [6, 6.07) is 16.1. The molecule has 0 saturated heterocycles. The summed E-state index contributed by atoms with van der Waals surface area (Å²) in [7, 11) is 1.64. The van der Waals surface area contributed by atoms with Crippen molar-refractivity contribution >= 4 is 5.78 Å². The average molecular weight is 266 g/mol. The number of ketones is 1. The second kappa shape index (κ2) is 5.49. The van der Waals surface area contributed by atoms with Crippen LogP contribution >= 0.6 is 0 Å². The monoisotopic (exact) mass is 266 g/mol. The standard InChI is InChI=1S/C18H18O2/c1-20-16-10-9-14-7-8-15(18(19)17(14)12-16)11-13-5-3-2-4-6-13/h2-6,9-10,12,15H,7-8,11H2,1H3. The van der Waals surface area contributed by atoms with Crippen LogP contribution in [0.3, 0.4) is 0 Å². The fourth-order valence-electron chi connectivity index (χ4n) is 2.90. The highest BCUT2D eigenvalue weighted by atomic mass is 16.5. The van der Waals surface area contributed by atoms with Crippen molar-refractivity contribution in [3.05, 3.63) is 65.2 Å². The number of methoxy groups -OCH3 is 1. The van der Waals surface area contributed by atoms with Crippen molar-refractivity contribution in [3.63, 3.8) is 0 Å². The van der Waals surface area contributed by atoms with E-state index < -0.39 is 0 Å². The molecule has 0 saturated carbocycles. The van der Waals surface area contributed by atoms with Gasteiger partial charge in [-0.25, -0.2) is 0 Å². The molecule has 0 aromatic heterocycles. The quantitative estimate of drug-likeness (QED) is 0.847. The molecule has 0 radical (unpaired) electrons. The highest BCUT2D eigenvalue weighted by Gasteiger charge is 2.27. The molecule has 3 rings (SSSR count). The fraction of sp³-hybridized carbons (Fsp3) is 0.278. The van der Waals surface area contributed by atoms with Crippen molar-refractivity contribution in [2.24, 2.45) is 5.92 Å². The number of hydrogen-bond acceptors (Lipinski definition) is 2. The maximum absolute atomic E-state index is 12.6. The van der Waals surface area contributed by atoms with Crippen LogP contribution in [0, 0.1) is 5.92 Å². The molecule has 0 N–H and O–H groups in total. The summed E-state index contributed by atoms with van der Waals surface area (Å²) in [5.74, 6) is 1.11. The van der Waals surface area contributed by atoms with Gasteiger partial charge in [-0.3, -0.25) is 4.79 Å². The molecule has 1 unspecified atom stereocenters. The largest absolute Gasteiger partial charge is 0.497 e. The minimum absolute atomic E-state index is 0.0945. The van der Waals surface area contributed by atoms with Crippen LogP contribution < -0.4 is 4.74 Å². The Hall–Kier alpha value is -2.09. The summed E-state index contributed by atoms with van der Waals surface area (Å²) in [4.78, 5) is 12.6. The second-order valence-corrected chi connectivity index (χ2v) is 5.31. The van der Waals surface area contributed by atoms with E-state index in [0.29, 0.717) is 0 Å². The van der Waals surface area contributed by atoms with Crippen LogP contribution in [0.15, 0.2) is 48.5 Å². The maximum atomic E-state index is 12.6. The van der Waals surface area contributed by atoms with Crippen LogP contribution in [0.4, 0.5) is 0 Å². The average Bonchev–Trinajstić information content (AvgIpc) is 2.51. The molecule has 2 nitrogen and oxygen atoms in total. The van der Waals surface area contributed by atoms with Crippen molar-refractivity contribution in [2.45, 2.75) is 19.3 Å². The van der Waals surface area contributed by atoms with Crippen LogP contribution in [-0.2, 0) is 12.8 Å². The third-order valence-corrected chi connectivity index (χ3v) is 4.04. The Morgan fingerprint density at radius 1 is 1.15 bits per heavy atom. The zero-order chi connectivity index (χ0) is 13.9. The Balaban J connectivity index is 1.85. The number of fused-ring (bicyclic) bond motifs is 1. The van der Waals surface area contributed by atoms with Gasteiger partial charge in [-0.1, -0.05) is 36.4 Å². The molecular formula is C18H18O2. The number of aryl methyl sites for hydroxylation is 1. The SMILES string of the molecule is COc1ccc2c(c1)C(=O)C(Cc1ccccc1)CC2. The lowest BCUT2D eigenvalue weighted by molar-refractivity contribution is 0.0901. The van der Waals surface area contributed by atoms with Gasteiger partial charge in [0, 0.05) is 11.5 Å². The molecule has 102 valence electrons. The Bertz CT molecular complexity index is 617. The van der Waals surface area contributed by atoms with E-state index in [2.05, 4.69) is 12.1 Å². The molecule has 0 heterocycles. The van der Waals surface area contributed by atoms with Crippen LogP contribution in [0.5, 0.6) is 5.75 Å². The van der Waals surface area contributed by atoms with Crippen LogP contribution in [-0.4, -0.2) is 12.9 Å². The zero-order valence-corrected chi connectivity index (χ0v) is 11.6. The van der Waals surface area contributed by atoms with E-state index in [1.165, 1.54) is 5.56 Å². The van der Waals surface area contributed by atoms with E-state index in [-0.39, 0.29) is 11.7 Å². The normalized spacial score (nSPS) is 17.6. The van der Waals surface area contributed by atoms with Crippen molar-refractivity contribution in [2.75, 3.05) is 7.11 Å². The van der Waals surface area contributed by atoms with Crippen LogP contribution in [0.1, 0.15) is 27.9 Å². The third-order valence-electron chi connectivity index (χ3n) is 4.04. The van der Waals surface area contributed by atoms with Gasteiger partial charge in [-0.15, -0.1) is 0 Å². The van der Waals surface area contributed by atoms with Gasteiger partial charge in [-0.2, -0.15) is 0 Å². The number of rotatable bonds is 3. The lowest BCUT2D eigenvalue weighted by Gasteiger charge is -2.23. The van der Waals surface area contributed by atoms with Crippen LogP contribution in [0.25, 0.3) is 0 Å². The van der Waals surface area contributed by atoms with E-state index >= 15 is 0 Å². The summed E-state index contributed by atoms with van der Waals surface area (Å²) in [5.41, 5.74) is 3.23. The lowest BCUT2D eigenvalue weighted by atomic mass is 9.79. The summed E-state index contributed by atoms with van der Waals surface area (Å²) in [5, 5.41) is 0. The van der Waals surface area contributed by atoms with Gasteiger partial charge < -0.3 is 4.74 Å². The molecule has 2 aromatic carbocycles. The van der Waals surface area contributed by atoms with Crippen molar-refractivity contribution in [1.29, 1.82) is 0 Å². The minimum Gasteiger partial charge on any atom is -0.497 e. The van der Waals surface area contributed by atoms with Crippen molar-refractivity contribution < 1.29 is 9.53 Å². The summed E-state index contributed by atoms with van der Waals surface area (Å²) < 4.78 is 5.23. The Kier molecular flexibility index (Phi) is 3.55. The van der Waals surface area contributed by atoms with Gasteiger partial charge in [0.15, 0.2) is 5.78 Å². The van der Waals surface area contributed by atoms with E-state index in [1.54, 1.807) is 7.11 Å². The molecule has 1 aliphatic rings. The van der Waals surface area contributed by atoms with Gasteiger partial charge in [0.1, 0.15) is 5.75 Å². The smallest absolute Gasteiger partial charge is 0.166 e. The number of carbonyl (C=O) groups is 1. The molecule has 2 heteroatoms. The molecule has 1 aliphatic carbocycles. The second-order valence-electron chi connectivity index (χ2n) is 5.31. The van der Waals surface area contributed by atoms with E-state index in [4.69, 9.17) is 4.74 Å². The maximum Gasteiger partial charge on any atom is 0.166 e. The fourth-order valence-corrected chi connectivity index (χ4v) is 2.90. The number of Topliss-reactive ketones (excluding diaryl/α,β-unsaturated/α-hetero) is 1. The summed E-state index contributed by atoms with van der Waals surface area (Å²) in [6.07, 6.45) is 2.74. The number of carbonyl (C=O) groups excluding carboxylic acids is 1. The number of benzene rings is 2. The van der Waals surface area contributed by atoms with Crippen molar-refractivity contribution in [1.82, 2.24) is 0 Å². The van der Waals surface area contributed by atoms with Gasteiger partial charge in [-0.05, 0) is 42.5 Å². The van der Waals surface area contributed by atoms with E-state index in [0.717, 1.165) is 36.1 Å². The molecule has 0 aliphatic heterocycles. The Morgan fingerprint density at radius 3 is 2.70 bits per heavy atom. The first kappa shape index (κ1) is 12.9. The Labute approximate surface area is 119 Å².